The smallest absolute Gasteiger partial charge is 0.236 e. The minimum Gasteiger partial charge on any atom is -0.342 e. The van der Waals surface area contributed by atoms with E-state index in [0.29, 0.717) is 19.6 Å². The molecule has 1 aliphatic rings. The van der Waals surface area contributed by atoms with E-state index in [9.17, 15) is 9.59 Å². The molecule has 1 fully saturated rings. The Bertz CT molecular complexity index is 398. The molecular weight excluding hydrogens is 304 g/mol. The van der Waals surface area contributed by atoms with Crippen LogP contribution < -0.4 is 5.73 Å². The van der Waals surface area contributed by atoms with Gasteiger partial charge in [-0.25, -0.2) is 0 Å². The van der Waals surface area contributed by atoms with Crippen molar-refractivity contribution in [2.45, 2.75) is 47.0 Å². The molecule has 24 heavy (non-hydrogen) atoms. The molecule has 0 spiro atoms. The Morgan fingerprint density at radius 3 is 2.12 bits per heavy atom. The molecule has 1 saturated heterocycles. The van der Waals surface area contributed by atoms with Crippen molar-refractivity contribution < 1.29 is 9.59 Å². The average molecular weight is 341 g/mol. The van der Waals surface area contributed by atoms with Crippen LogP contribution >= 0.6 is 0 Å². The monoisotopic (exact) mass is 340 g/mol. The van der Waals surface area contributed by atoms with Crippen molar-refractivity contribution in [1.82, 2.24) is 14.7 Å². The third-order valence-electron chi connectivity index (χ3n) is 5.55. The van der Waals surface area contributed by atoms with Crippen LogP contribution in [0.4, 0.5) is 0 Å². The van der Waals surface area contributed by atoms with Gasteiger partial charge in [0, 0.05) is 45.8 Å². The summed E-state index contributed by atoms with van der Waals surface area (Å²) in [5, 5.41) is 0. The lowest BCUT2D eigenvalue weighted by molar-refractivity contribution is -0.142. The Morgan fingerprint density at radius 1 is 1.00 bits per heavy atom. The van der Waals surface area contributed by atoms with Crippen LogP contribution in [-0.2, 0) is 9.59 Å². The highest BCUT2D eigenvalue weighted by Crippen LogP contribution is 2.28. The van der Waals surface area contributed by atoms with Gasteiger partial charge in [-0.1, -0.05) is 13.8 Å². The van der Waals surface area contributed by atoms with E-state index in [1.807, 2.05) is 37.5 Å². The summed E-state index contributed by atoms with van der Waals surface area (Å²) in [5.41, 5.74) is 5.50. The maximum Gasteiger partial charge on any atom is 0.236 e. The highest BCUT2D eigenvalue weighted by molar-refractivity contribution is 5.83. The third kappa shape index (κ3) is 4.93. The second kappa shape index (κ2) is 9.99. The third-order valence-corrected chi connectivity index (χ3v) is 5.55. The van der Waals surface area contributed by atoms with Gasteiger partial charge in [-0.05, 0) is 33.1 Å². The average Bonchev–Trinajstić information content (AvgIpc) is 2.83. The molecule has 0 bridgehead atoms. The van der Waals surface area contributed by atoms with E-state index < -0.39 is 5.41 Å². The number of amides is 2. The van der Waals surface area contributed by atoms with Crippen LogP contribution in [0.25, 0.3) is 0 Å². The highest BCUT2D eigenvalue weighted by Gasteiger charge is 2.37. The molecular formula is C18H36N4O2. The zero-order chi connectivity index (χ0) is 18.2. The number of carbonyl (C=O) groups is 2. The van der Waals surface area contributed by atoms with Crippen molar-refractivity contribution in [2.24, 2.45) is 11.1 Å². The largest absolute Gasteiger partial charge is 0.342 e. The minimum absolute atomic E-state index is 0.179. The maximum absolute atomic E-state index is 12.9. The lowest BCUT2D eigenvalue weighted by Crippen LogP contribution is -2.49. The summed E-state index contributed by atoms with van der Waals surface area (Å²) < 4.78 is 0. The predicted octanol–water partition coefficient (Wildman–Crippen LogP) is 1.15. The van der Waals surface area contributed by atoms with Gasteiger partial charge in [0.15, 0.2) is 0 Å². The van der Waals surface area contributed by atoms with Crippen molar-refractivity contribution in [3.63, 3.8) is 0 Å². The molecule has 1 rings (SSSR count). The number of hydrogen-bond donors (Lipinski definition) is 1. The number of nitrogens with two attached hydrogens (primary N) is 1. The van der Waals surface area contributed by atoms with Crippen LogP contribution in [-0.4, -0.2) is 78.9 Å². The molecule has 1 aliphatic heterocycles. The number of carbonyl (C=O) groups excluding carboxylic acids is 2. The quantitative estimate of drug-likeness (QED) is 0.720. The van der Waals surface area contributed by atoms with Gasteiger partial charge < -0.3 is 15.5 Å². The van der Waals surface area contributed by atoms with Gasteiger partial charge in [-0.2, -0.15) is 0 Å². The van der Waals surface area contributed by atoms with Gasteiger partial charge in [0.25, 0.3) is 0 Å². The van der Waals surface area contributed by atoms with E-state index in [0.717, 1.165) is 52.0 Å². The van der Waals surface area contributed by atoms with E-state index in [2.05, 4.69) is 4.90 Å². The van der Waals surface area contributed by atoms with Gasteiger partial charge in [0.05, 0.1) is 12.0 Å². The fourth-order valence-electron chi connectivity index (χ4n) is 3.46. The zero-order valence-electron chi connectivity index (χ0n) is 16.0. The minimum atomic E-state index is -0.424. The molecule has 1 heterocycles. The Hall–Kier alpha value is -1.14. The first-order valence-corrected chi connectivity index (χ1v) is 9.47. The Labute approximate surface area is 147 Å². The van der Waals surface area contributed by atoms with Crippen molar-refractivity contribution in [3.05, 3.63) is 0 Å². The van der Waals surface area contributed by atoms with E-state index in [4.69, 9.17) is 5.73 Å². The fraction of sp³-hybridized carbons (Fsp3) is 0.889. The normalized spacial score (nSPS) is 16.8. The summed E-state index contributed by atoms with van der Waals surface area (Å²) in [5.74, 6) is 0.366. The van der Waals surface area contributed by atoms with Crippen LogP contribution in [0.3, 0.4) is 0 Å². The summed E-state index contributed by atoms with van der Waals surface area (Å²) in [6, 6.07) is 0. The van der Waals surface area contributed by atoms with Gasteiger partial charge in [-0.15, -0.1) is 0 Å². The van der Waals surface area contributed by atoms with Crippen LogP contribution in [0, 0.1) is 5.41 Å². The number of likely N-dealkylation sites (N-methyl/N-ethyl adjacent to an activating group) is 1. The standard InChI is InChI=1S/C18H36N4O2/c1-5-18(6-2,15-19)17(24)22-11-9-10-20(12-13-22)14-16(23)21(7-3)8-4/h5-15,19H2,1-4H3. The first-order valence-electron chi connectivity index (χ1n) is 9.47. The molecule has 0 radical (unpaired) electrons. The first-order chi connectivity index (χ1) is 11.5. The highest BCUT2D eigenvalue weighted by atomic mass is 16.2. The molecule has 140 valence electrons. The van der Waals surface area contributed by atoms with Crippen LogP contribution in [0.15, 0.2) is 0 Å². The van der Waals surface area contributed by atoms with Crippen molar-refractivity contribution >= 4 is 11.8 Å². The molecule has 6 heteroatoms. The predicted molar refractivity (Wildman–Crippen MR) is 97.6 cm³/mol. The molecule has 6 nitrogen and oxygen atoms in total. The van der Waals surface area contributed by atoms with Crippen molar-refractivity contribution in [2.75, 3.05) is 52.4 Å². The lowest BCUT2D eigenvalue weighted by Gasteiger charge is -2.34. The molecule has 0 aromatic rings. The van der Waals surface area contributed by atoms with E-state index in [-0.39, 0.29) is 11.8 Å². The lowest BCUT2D eigenvalue weighted by atomic mass is 9.81. The van der Waals surface area contributed by atoms with Crippen molar-refractivity contribution in [3.8, 4) is 0 Å². The molecule has 0 atom stereocenters. The molecule has 0 aromatic carbocycles. The van der Waals surface area contributed by atoms with Crippen molar-refractivity contribution in [1.29, 1.82) is 0 Å². The van der Waals surface area contributed by atoms with E-state index >= 15 is 0 Å². The molecule has 0 unspecified atom stereocenters. The summed E-state index contributed by atoms with van der Waals surface area (Å²) in [6.07, 6.45) is 2.46. The Balaban J connectivity index is 2.65. The van der Waals surface area contributed by atoms with Gasteiger partial charge in [0.1, 0.15) is 0 Å². The Kier molecular flexibility index (Phi) is 8.70. The first kappa shape index (κ1) is 20.9. The molecule has 0 aliphatic carbocycles. The fourth-order valence-corrected chi connectivity index (χ4v) is 3.46. The summed E-state index contributed by atoms with van der Waals surface area (Å²) in [7, 11) is 0. The molecule has 2 N–H and O–H groups in total. The SMILES string of the molecule is CCN(CC)C(=O)CN1CCCN(C(=O)C(CC)(CC)CN)CC1. The number of nitrogens with zero attached hydrogens (tertiary/aromatic N) is 3. The Morgan fingerprint density at radius 2 is 1.62 bits per heavy atom. The number of hydrogen-bond acceptors (Lipinski definition) is 4. The summed E-state index contributed by atoms with van der Waals surface area (Å²) in [6.45, 7) is 13.5. The van der Waals surface area contributed by atoms with Crippen LogP contribution in [0.5, 0.6) is 0 Å². The van der Waals surface area contributed by atoms with Crippen LogP contribution in [0.1, 0.15) is 47.0 Å². The van der Waals surface area contributed by atoms with Crippen LogP contribution in [0.2, 0.25) is 0 Å². The summed E-state index contributed by atoms with van der Waals surface area (Å²) >= 11 is 0. The molecule has 2 amide bonds. The summed E-state index contributed by atoms with van der Waals surface area (Å²) in [4.78, 5) is 31.2. The number of rotatable bonds is 8. The van der Waals surface area contributed by atoms with Gasteiger partial charge in [0.2, 0.25) is 11.8 Å². The second-order valence-corrected chi connectivity index (χ2v) is 6.68. The second-order valence-electron chi connectivity index (χ2n) is 6.68. The van der Waals surface area contributed by atoms with E-state index in [1.54, 1.807) is 0 Å². The molecule has 0 aromatic heterocycles. The van der Waals surface area contributed by atoms with E-state index in [1.165, 1.54) is 0 Å². The topological polar surface area (TPSA) is 69.9 Å². The zero-order valence-corrected chi connectivity index (χ0v) is 16.0. The maximum atomic E-state index is 12.9. The van der Waals surface area contributed by atoms with Gasteiger partial charge >= 0.3 is 0 Å². The molecule has 0 saturated carbocycles. The van der Waals surface area contributed by atoms with Gasteiger partial charge in [-0.3, -0.25) is 14.5 Å².